The van der Waals surface area contributed by atoms with Crippen molar-refractivity contribution in [2.75, 3.05) is 16.6 Å². The van der Waals surface area contributed by atoms with E-state index in [2.05, 4.69) is 0 Å². The minimum atomic E-state index is -1.23. The molecular formula is C26H31ClN2O4S. The van der Waals surface area contributed by atoms with Gasteiger partial charge < -0.3 is 10.0 Å². The van der Waals surface area contributed by atoms with E-state index in [1.165, 1.54) is 0 Å². The molecule has 0 spiro atoms. The summed E-state index contributed by atoms with van der Waals surface area (Å²) in [6, 6.07) is 16.9. The van der Waals surface area contributed by atoms with Crippen molar-refractivity contribution in [3.63, 3.8) is 0 Å². The van der Waals surface area contributed by atoms with Crippen molar-refractivity contribution in [1.82, 2.24) is 4.90 Å². The van der Waals surface area contributed by atoms with E-state index in [1.807, 2.05) is 70.7 Å². The van der Waals surface area contributed by atoms with Crippen molar-refractivity contribution in [1.29, 1.82) is 0 Å². The molecular weight excluding hydrogens is 472 g/mol. The van der Waals surface area contributed by atoms with Crippen LogP contribution in [0.1, 0.15) is 50.6 Å². The minimum Gasteiger partial charge on any atom is -0.481 e. The Morgan fingerprint density at radius 1 is 1.12 bits per heavy atom. The molecule has 2 aliphatic rings. The van der Waals surface area contributed by atoms with Crippen molar-refractivity contribution in [2.24, 2.45) is 11.8 Å². The van der Waals surface area contributed by atoms with Gasteiger partial charge >= 0.3 is 5.97 Å². The number of carbonyl (C=O) groups is 2. The number of halogens is 1. The van der Waals surface area contributed by atoms with E-state index in [4.69, 9.17) is 11.6 Å². The van der Waals surface area contributed by atoms with Crippen LogP contribution in [-0.2, 0) is 20.6 Å². The number of likely N-dealkylation sites (tertiary alicyclic amines) is 1. The van der Waals surface area contributed by atoms with E-state index in [9.17, 15) is 18.9 Å². The van der Waals surface area contributed by atoms with Crippen molar-refractivity contribution < 1.29 is 18.9 Å². The summed E-state index contributed by atoms with van der Waals surface area (Å²) in [6.45, 7) is 2.34. The highest BCUT2D eigenvalue weighted by Crippen LogP contribution is 2.44. The van der Waals surface area contributed by atoms with Crippen LogP contribution in [-0.4, -0.2) is 44.4 Å². The zero-order chi connectivity index (χ0) is 24.2. The number of carboxylic acid groups (broad SMARTS) is 1. The fourth-order valence-corrected chi connectivity index (χ4v) is 6.08. The van der Waals surface area contributed by atoms with Crippen LogP contribution < -0.4 is 4.31 Å². The number of amides is 1. The van der Waals surface area contributed by atoms with Gasteiger partial charge in [-0.15, -0.1) is 0 Å². The number of aliphatic carboxylic acids is 1. The average molecular weight is 503 g/mol. The van der Waals surface area contributed by atoms with Gasteiger partial charge in [-0.2, -0.15) is 0 Å². The van der Waals surface area contributed by atoms with Gasteiger partial charge in [-0.25, -0.2) is 4.21 Å². The molecule has 1 amide bonds. The molecule has 0 radical (unpaired) electrons. The summed E-state index contributed by atoms with van der Waals surface area (Å²) in [5.41, 5.74) is 1.86. The van der Waals surface area contributed by atoms with Crippen molar-refractivity contribution in [2.45, 2.75) is 51.1 Å². The Hall–Kier alpha value is -2.38. The molecule has 2 unspecified atom stereocenters. The number of para-hydroxylation sites is 1. The highest BCUT2D eigenvalue weighted by molar-refractivity contribution is 7.86. The summed E-state index contributed by atoms with van der Waals surface area (Å²) in [6.07, 6.45) is 3.08. The molecule has 2 fully saturated rings. The van der Waals surface area contributed by atoms with Crippen LogP contribution in [0.4, 0.5) is 5.69 Å². The first-order chi connectivity index (χ1) is 16.4. The number of carbonyl (C=O) groups excluding carboxylic acids is 1. The van der Waals surface area contributed by atoms with Crippen LogP contribution in [0, 0.1) is 11.8 Å². The number of piperidine rings is 1. The zero-order valence-electron chi connectivity index (χ0n) is 19.3. The summed E-state index contributed by atoms with van der Waals surface area (Å²) in [7, 11) is -1.23. The Balaban J connectivity index is 1.71. The van der Waals surface area contributed by atoms with E-state index in [0.29, 0.717) is 36.1 Å². The maximum Gasteiger partial charge on any atom is 0.304 e. The van der Waals surface area contributed by atoms with Crippen LogP contribution in [0.3, 0.4) is 0 Å². The van der Waals surface area contributed by atoms with Gasteiger partial charge in [0.05, 0.1) is 25.0 Å². The van der Waals surface area contributed by atoms with Gasteiger partial charge in [-0.3, -0.25) is 13.9 Å². The van der Waals surface area contributed by atoms with Crippen molar-refractivity contribution in [3.8, 4) is 0 Å². The Labute approximate surface area is 208 Å². The van der Waals surface area contributed by atoms with Gasteiger partial charge in [-0.1, -0.05) is 48.9 Å². The highest BCUT2D eigenvalue weighted by atomic mass is 35.5. The minimum absolute atomic E-state index is 0.110. The second-order valence-electron chi connectivity index (χ2n) is 9.10. The molecule has 4 rings (SSSR count). The monoisotopic (exact) mass is 502 g/mol. The summed E-state index contributed by atoms with van der Waals surface area (Å²) in [5, 5.41) is 10.0. The van der Waals surface area contributed by atoms with Crippen molar-refractivity contribution in [3.05, 3.63) is 65.2 Å². The second kappa shape index (κ2) is 10.9. The summed E-state index contributed by atoms with van der Waals surface area (Å²) in [4.78, 5) is 27.2. The first-order valence-corrected chi connectivity index (χ1v) is 13.5. The molecule has 6 nitrogen and oxygen atoms in total. The Bertz CT molecular complexity index is 1030. The van der Waals surface area contributed by atoms with E-state index in [0.717, 1.165) is 24.1 Å². The van der Waals surface area contributed by atoms with E-state index in [-0.39, 0.29) is 24.4 Å². The van der Waals surface area contributed by atoms with Crippen LogP contribution in [0.5, 0.6) is 0 Å². The van der Waals surface area contributed by atoms with Gasteiger partial charge in [0.2, 0.25) is 5.91 Å². The smallest absolute Gasteiger partial charge is 0.304 e. The summed E-state index contributed by atoms with van der Waals surface area (Å²) >= 11 is 6.12. The molecule has 182 valence electrons. The zero-order valence-corrected chi connectivity index (χ0v) is 20.9. The number of anilines is 1. The Morgan fingerprint density at radius 3 is 2.38 bits per heavy atom. The normalized spacial score (nSPS) is 22.3. The highest BCUT2D eigenvalue weighted by Gasteiger charge is 2.46. The molecule has 1 aliphatic heterocycles. The van der Waals surface area contributed by atoms with Gasteiger partial charge in [0.15, 0.2) is 0 Å². The fourth-order valence-electron chi connectivity index (χ4n) is 4.96. The topological polar surface area (TPSA) is 77.9 Å². The number of benzene rings is 2. The molecule has 2 aromatic carbocycles. The third kappa shape index (κ3) is 5.63. The quantitative estimate of drug-likeness (QED) is 0.492. The van der Waals surface area contributed by atoms with E-state index < -0.39 is 22.9 Å². The predicted octanol–water partition coefficient (Wildman–Crippen LogP) is 5.06. The third-order valence-corrected chi connectivity index (χ3v) is 8.41. The third-order valence-electron chi connectivity index (χ3n) is 6.82. The second-order valence-corrected chi connectivity index (χ2v) is 11.2. The van der Waals surface area contributed by atoms with E-state index in [1.54, 1.807) is 0 Å². The lowest BCUT2D eigenvalue weighted by Crippen LogP contribution is -2.54. The molecule has 1 N–H and O–H groups in total. The van der Waals surface area contributed by atoms with E-state index >= 15 is 0 Å². The Kier molecular flexibility index (Phi) is 7.94. The van der Waals surface area contributed by atoms with Gasteiger partial charge in [0.25, 0.3) is 0 Å². The molecule has 4 atom stereocenters. The van der Waals surface area contributed by atoms with Gasteiger partial charge in [0, 0.05) is 22.4 Å². The molecule has 2 aromatic rings. The van der Waals surface area contributed by atoms with Crippen LogP contribution >= 0.6 is 11.6 Å². The molecule has 0 bridgehead atoms. The predicted molar refractivity (Wildman–Crippen MR) is 135 cm³/mol. The molecule has 1 heterocycles. The number of hydrogen-bond donors (Lipinski definition) is 1. The molecule has 1 saturated heterocycles. The molecule has 8 heteroatoms. The summed E-state index contributed by atoms with van der Waals surface area (Å²) in [5.74, 6) is -0.820. The average Bonchev–Trinajstić information content (AvgIpc) is 3.67. The number of hydrogen-bond acceptors (Lipinski definition) is 3. The standard InChI is InChI=1S/C26H31ClN2O4S/c1-2-34(33)28(22-6-4-3-5-7-22)17-24(19-8-9-19)29-23(18-10-13-21(27)14-11-18)15-12-20(26(29)32)16-25(30)31/h3-7,10-11,13-14,19-20,23-24H,2,8-9,12,15-17H2,1H3,(H,30,31)/t20-,23+,24?,34?/m1/s1. The van der Waals surface area contributed by atoms with Crippen LogP contribution in [0.25, 0.3) is 0 Å². The maximum atomic E-state index is 13.8. The number of carboxylic acids is 1. The lowest BCUT2D eigenvalue weighted by Gasteiger charge is -2.45. The number of nitrogens with zero attached hydrogens (tertiary/aromatic N) is 2. The van der Waals surface area contributed by atoms with Crippen molar-refractivity contribution >= 4 is 40.2 Å². The molecule has 1 saturated carbocycles. The Morgan fingerprint density at radius 2 is 1.79 bits per heavy atom. The maximum absolute atomic E-state index is 13.8. The largest absolute Gasteiger partial charge is 0.481 e. The SMILES string of the molecule is CCS(=O)N(CC(C1CC1)N1C(=O)[C@@H](CC(=O)O)CC[C@H]1c1ccc(Cl)cc1)c1ccccc1. The molecule has 34 heavy (non-hydrogen) atoms. The number of rotatable bonds is 10. The van der Waals surface area contributed by atoms with Crippen LogP contribution in [0.15, 0.2) is 54.6 Å². The molecule has 0 aromatic heterocycles. The first kappa shape index (κ1) is 24.7. The van der Waals surface area contributed by atoms with Crippen LogP contribution in [0.2, 0.25) is 5.02 Å². The van der Waals surface area contributed by atoms with Gasteiger partial charge in [-0.05, 0) is 61.4 Å². The fraction of sp³-hybridized carbons (Fsp3) is 0.462. The lowest BCUT2D eigenvalue weighted by molar-refractivity contribution is -0.151. The lowest BCUT2D eigenvalue weighted by atomic mass is 9.84. The first-order valence-electron chi connectivity index (χ1n) is 11.9. The van der Waals surface area contributed by atoms with Gasteiger partial charge in [0.1, 0.15) is 11.0 Å². The molecule has 1 aliphatic carbocycles. The summed E-state index contributed by atoms with van der Waals surface area (Å²) < 4.78 is 15.0.